The molecule has 7 heteroatoms. The predicted octanol–water partition coefficient (Wildman–Crippen LogP) is 2.89. The number of hydrogen-bond acceptors (Lipinski definition) is 4. The number of nitrogens with one attached hydrogen (secondary N) is 2. The lowest BCUT2D eigenvalue weighted by atomic mass is 10.1. The Labute approximate surface area is 177 Å². The number of benzene rings is 2. The van der Waals surface area contributed by atoms with Gasteiger partial charge >= 0.3 is 0 Å². The summed E-state index contributed by atoms with van der Waals surface area (Å²) in [5, 5.41) is 5.78. The van der Waals surface area contributed by atoms with E-state index in [1.807, 2.05) is 30.0 Å². The molecular weight excluding hydrogens is 383 g/mol. The van der Waals surface area contributed by atoms with Crippen LogP contribution in [0.1, 0.15) is 18.1 Å². The van der Waals surface area contributed by atoms with Crippen molar-refractivity contribution in [1.29, 1.82) is 0 Å². The van der Waals surface area contributed by atoms with Crippen LogP contribution in [-0.2, 0) is 16.0 Å². The minimum Gasteiger partial charge on any atom is -0.325 e. The smallest absolute Gasteiger partial charge is 0.238 e. The van der Waals surface area contributed by atoms with Crippen molar-refractivity contribution in [3.63, 3.8) is 0 Å². The normalized spacial score (nSPS) is 15.0. The minimum atomic E-state index is -0.378. The van der Waals surface area contributed by atoms with Crippen LogP contribution >= 0.6 is 0 Å². The fraction of sp³-hybridized carbons (Fsp3) is 0.391. The van der Waals surface area contributed by atoms with Crippen LogP contribution in [0.5, 0.6) is 0 Å². The van der Waals surface area contributed by atoms with Gasteiger partial charge in [0.2, 0.25) is 11.8 Å². The van der Waals surface area contributed by atoms with Gasteiger partial charge in [-0.1, -0.05) is 31.2 Å². The van der Waals surface area contributed by atoms with E-state index in [0.717, 1.165) is 36.3 Å². The van der Waals surface area contributed by atoms with Gasteiger partial charge in [-0.05, 0) is 42.7 Å². The van der Waals surface area contributed by atoms with Crippen LogP contribution in [-0.4, -0.2) is 60.9 Å². The third-order valence-electron chi connectivity index (χ3n) is 5.31. The Morgan fingerprint density at radius 3 is 2.13 bits per heavy atom. The Balaban J connectivity index is 1.43. The summed E-state index contributed by atoms with van der Waals surface area (Å²) in [7, 11) is 0. The second-order valence-electron chi connectivity index (χ2n) is 7.62. The molecule has 1 aliphatic heterocycles. The van der Waals surface area contributed by atoms with Crippen LogP contribution in [0.4, 0.5) is 15.8 Å². The van der Waals surface area contributed by atoms with Crippen LogP contribution in [0, 0.1) is 12.7 Å². The van der Waals surface area contributed by atoms with E-state index in [4.69, 9.17) is 0 Å². The molecule has 0 saturated carbocycles. The summed E-state index contributed by atoms with van der Waals surface area (Å²) < 4.78 is 13.2. The number of amides is 2. The molecular formula is C23H29FN4O2. The molecule has 0 aromatic heterocycles. The first-order valence-electron chi connectivity index (χ1n) is 10.3. The molecule has 2 aromatic rings. The monoisotopic (exact) mass is 412 g/mol. The quantitative estimate of drug-likeness (QED) is 0.734. The largest absolute Gasteiger partial charge is 0.325 e. The van der Waals surface area contributed by atoms with Gasteiger partial charge in [0.25, 0.3) is 0 Å². The van der Waals surface area contributed by atoms with Gasteiger partial charge in [0, 0.05) is 37.6 Å². The van der Waals surface area contributed by atoms with E-state index in [0.29, 0.717) is 25.3 Å². The standard InChI is InChI=1S/C23H29FN4O2/c1-3-18-7-4-6-17(2)23(18)26-22(30)16-28-12-10-27(11-13-28)15-21(29)25-20-9-5-8-19(24)14-20/h4-9,14H,3,10-13,15-16H2,1-2H3,(H,25,29)(H,26,30). The highest BCUT2D eigenvalue weighted by Crippen LogP contribution is 2.21. The lowest BCUT2D eigenvalue weighted by Gasteiger charge is -2.33. The third kappa shape index (κ3) is 6.11. The van der Waals surface area contributed by atoms with Gasteiger partial charge in [0.1, 0.15) is 5.82 Å². The highest BCUT2D eigenvalue weighted by Gasteiger charge is 2.21. The van der Waals surface area contributed by atoms with Gasteiger partial charge in [-0.3, -0.25) is 19.4 Å². The van der Waals surface area contributed by atoms with Crippen LogP contribution in [0.25, 0.3) is 0 Å². The maximum atomic E-state index is 13.2. The zero-order chi connectivity index (χ0) is 21.5. The van der Waals surface area contributed by atoms with Crippen LogP contribution < -0.4 is 10.6 Å². The second kappa shape index (κ2) is 10.3. The Kier molecular flexibility index (Phi) is 7.54. The molecule has 0 unspecified atom stereocenters. The first kappa shape index (κ1) is 21.9. The fourth-order valence-electron chi connectivity index (χ4n) is 3.66. The summed E-state index contributed by atoms with van der Waals surface area (Å²) in [6.45, 7) is 7.50. The first-order valence-corrected chi connectivity index (χ1v) is 10.3. The van der Waals surface area contributed by atoms with Gasteiger partial charge in [-0.2, -0.15) is 0 Å². The minimum absolute atomic E-state index is 0.0173. The SMILES string of the molecule is CCc1cccc(C)c1NC(=O)CN1CCN(CC(=O)Nc2cccc(F)c2)CC1. The van der Waals surface area contributed by atoms with E-state index in [-0.39, 0.29) is 24.2 Å². The molecule has 2 N–H and O–H groups in total. The predicted molar refractivity (Wildman–Crippen MR) is 117 cm³/mol. The molecule has 0 radical (unpaired) electrons. The van der Waals surface area contributed by atoms with E-state index < -0.39 is 0 Å². The molecule has 0 atom stereocenters. The van der Waals surface area contributed by atoms with Crippen LogP contribution in [0.15, 0.2) is 42.5 Å². The summed E-state index contributed by atoms with van der Waals surface area (Å²) >= 11 is 0. The number of anilines is 2. The van der Waals surface area contributed by atoms with E-state index in [1.54, 1.807) is 12.1 Å². The topological polar surface area (TPSA) is 64.7 Å². The Morgan fingerprint density at radius 2 is 1.53 bits per heavy atom. The molecule has 6 nitrogen and oxygen atoms in total. The molecule has 1 fully saturated rings. The van der Waals surface area contributed by atoms with E-state index in [9.17, 15) is 14.0 Å². The van der Waals surface area contributed by atoms with E-state index in [1.165, 1.54) is 12.1 Å². The molecule has 0 spiro atoms. The molecule has 30 heavy (non-hydrogen) atoms. The zero-order valence-electron chi connectivity index (χ0n) is 17.6. The number of para-hydroxylation sites is 1. The van der Waals surface area contributed by atoms with Gasteiger partial charge < -0.3 is 10.6 Å². The maximum Gasteiger partial charge on any atom is 0.238 e. The van der Waals surface area contributed by atoms with Crippen molar-refractivity contribution in [3.05, 3.63) is 59.4 Å². The second-order valence-corrected chi connectivity index (χ2v) is 7.62. The molecule has 2 amide bonds. The lowest BCUT2D eigenvalue weighted by Crippen LogP contribution is -2.50. The average molecular weight is 413 g/mol. The Morgan fingerprint density at radius 1 is 0.933 bits per heavy atom. The molecule has 2 aromatic carbocycles. The average Bonchev–Trinajstić information content (AvgIpc) is 2.71. The van der Waals surface area contributed by atoms with Crippen LogP contribution in [0.2, 0.25) is 0 Å². The fourth-order valence-corrected chi connectivity index (χ4v) is 3.66. The number of carbonyl (C=O) groups is 2. The van der Waals surface area contributed by atoms with E-state index in [2.05, 4.69) is 22.5 Å². The van der Waals surface area contributed by atoms with Crippen molar-refractivity contribution < 1.29 is 14.0 Å². The van der Waals surface area contributed by atoms with E-state index >= 15 is 0 Å². The van der Waals surface area contributed by atoms with Gasteiger partial charge in [-0.25, -0.2) is 4.39 Å². The van der Waals surface area contributed by atoms with Crippen molar-refractivity contribution in [3.8, 4) is 0 Å². The molecule has 1 heterocycles. The number of aryl methyl sites for hydroxylation is 2. The summed E-state index contributed by atoms with van der Waals surface area (Å²) in [5.74, 6) is -0.564. The molecule has 1 aliphatic rings. The highest BCUT2D eigenvalue weighted by molar-refractivity contribution is 5.94. The molecule has 0 aliphatic carbocycles. The maximum absolute atomic E-state index is 13.2. The Bertz CT molecular complexity index is 895. The van der Waals surface area contributed by atoms with Gasteiger partial charge in [0.05, 0.1) is 13.1 Å². The molecule has 1 saturated heterocycles. The molecule has 3 rings (SSSR count). The zero-order valence-corrected chi connectivity index (χ0v) is 17.6. The summed E-state index contributed by atoms with van der Waals surface area (Å²) in [6.07, 6.45) is 0.869. The lowest BCUT2D eigenvalue weighted by molar-refractivity contribution is -0.120. The van der Waals surface area contributed by atoms with Crippen molar-refractivity contribution in [2.24, 2.45) is 0 Å². The molecule has 0 bridgehead atoms. The number of nitrogens with zero attached hydrogens (tertiary/aromatic N) is 2. The summed E-state index contributed by atoms with van der Waals surface area (Å²) in [5.41, 5.74) is 3.57. The summed E-state index contributed by atoms with van der Waals surface area (Å²) in [4.78, 5) is 28.9. The Hall–Kier alpha value is -2.77. The van der Waals surface area contributed by atoms with Crippen molar-refractivity contribution in [2.75, 3.05) is 49.9 Å². The van der Waals surface area contributed by atoms with Gasteiger partial charge in [-0.15, -0.1) is 0 Å². The number of piperazine rings is 1. The number of halogens is 1. The third-order valence-corrected chi connectivity index (χ3v) is 5.31. The van der Waals surface area contributed by atoms with Crippen molar-refractivity contribution in [2.45, 2.75) is 20.3 Å². The number of carbonyl (C=O) groups excluding carboxylic acids is 2. The highest BCUT2D eigenvalue weighted by atomic mass is 19.1. The summed E-state index contributed by atoms with van der Waals surface area (Å²) in [6, 6.07) is 11.9. The van der Waals surface area contributed by atoms with Gasteiger partial charge in [0.15, 0.2) is 0 Å². The molecule has 160 valence electrons. The number of hydrogen-bond donors (Lipinski definition) is 2. The first-order chi connectivity index (χ1) is 14.4. The van der Waals surface area contributed by atoms with Crippen LogP contribution in [0.3, 0.4) is 0 Å². The number of rotatable bonds is 7. The van der Waals surface area contributed by atoms with Crippen molar-refractivity contribution >= 4 is 23.2 Å². The van der Waals surface area contributed by atoms with Crippen molar-refractivity contribution in [1.82, 2.24) is 9.80 Å².